The van der Waals surface area contributed by atoms with Crippen molar-refractivity contribution in [1.82, 2.24) is 4.90 Å². The quantitative estimate of drug-likeness (QED) is 0.671. The topological polar surface area (TPSA) is 83.6 Å². The number of carboxylic acid groups (broad SMARTS) is 1. The Labute approximate surface area is 108 Å². The van der Waals surface area contributed by atoms with Gasteiger partial charge in [0.2, 0.25) is 5.91 Å². The first kappa shape index (κ1) is 15.0. The lowest BCUT2D eigenvalue weighted by Gasteiger charge is -2.38. The highest BCUT2D eigenvalue weighted by Gasteiger charge is 2.39. The summed E-state index contributed by atoms with van der Waals surface area (Å²) >= 11 is 0. The van der Waals surface area contributed by atoms with Crippen LogP contribution in [-0.2, 0) is 9.59 Å². The van der Waals surface area contributed by atoms with Gasteiger partial charge in [0.05, 0.1) is 5.41 Å². The average molecular weight is 256 g/mol. The number of hydrogen-bond acceptors (Lipinski definition) is 3. The van der Waals surface area contributed by atoms with Crippen molar-refractivity contribution in [2.24, 2.45) is 11.1 Å². The van der Waals surface area contributed by atoms with E-state index < -0.39 is 11.4 Å². The van der Waals surface area contributed by atoms with Gasteiger partial charge in [-0.2, -0.15) is 0 Å². The first-order valence-electron chi connectivity index (χ1n) is 6.74. The Morgan fingerprint density at radius 2 is 1.89 bits per heavy atom. The number of nitrogens with zero attached hydrogens (tertiary/aromatic N) is 1. The summed E-state index contributed by atoms with van der Waals surface area (Å²) in [7, 11) is 0. The minimum atomic E-state index is -0.654. The Kier molecular flexibility index (Phi) is 5.59. The molecule has 3 N–H and O–H groups in total. The minimum Gasteiger partial charge on any atom is -0.481 e. The van der Waals surface area contributed by atoms with Gasteiger partial charge in [0.1, 0.15) is 0 Å². The Morgan fingerprint density at radius 1 is 1.28 bits per heavy atom. The number of nitrogens with two attached hydrogens (primary N) is 1. The highest BCUT2D eigenvalue weighted by molar-refractivity contribution is 5.74. The Hall–Kier alpha value is -1.10. The molecule has 0 saturated carbocycles. The summed E-state index contributed by atoms with van der Waals surface area (Å²) < 4.78 is 0. The zero-order valence-electron chi connectivity index (χ0n) is 11.2. The molecule has 0 aromatic carbocycles. The maximum absolute atomic E-state index is 11.3. The van der Waals surface area contributed by atoms with Gasteiger partial charge in [0.15, 0.2) is 0 Å². The molecule has 1 rings (SSSR count). The molecule has 0 aliphatic carbocycles. The van der Waals surface area contributed by atoms with Crippen molar-refractivity contribution in [3.8, 4) is 0 Å². The van der Waals surface area contributed by atoms with Crippen LogP contribution in [0.2, 0.25) is 0 Å². The summed E-state index contributed by atoms with van der Waals surface area (Å²) in [6.07, 6.45) is 4.39. The number of piperidine rings is 1. The second kappa shape index (κ2) is 6.73. The molecule has 5 nitrogen and oxygen atoms in total. The van der Waals surface area contributed by atoms with E-state index in [1.807, 2.05) is 6.92 Å². The number of carboxylic acids is 1. The second-order valence-corrected chi connectivity index (χ2v) is 5.20. The third-order valence-corrected chi connectivity index (χ3v) is 4.09. The molecule has 1 heterocycles. The third-order valence-electron chi connectivity index (χ3n) is 4.09. The molecule has 0 spiro atoms. The third kappa shape index (κ3) is 3.98. The molecule has 0 bridgehead atoms. The monoisotopic (exact) mass is 256 g/mol. The van der Waals surface area contributed by atoms with E-state index in [0.717, 1.165) is 45.3 Å². The van der Waals surface area contributed by atoms with Gasteiger partial charge in [-0.15, -0.1) is 0 Å². The van der Waals surface area contributed by atoms with Crippen LogP contribution in [0.25, 0.3) is 0 Å². The van der Waals surface area contributed by atoms with Crippen LogP contribution >= 0.6 is 0 Å². The zero-order chi connectivity index (χ0) is 13.6. The lowest BCUT2D eigenvalue weighted by molar-refractivity contribution is -0.152. The standard InChI is InChI=1S/C13H24N2O3/c1-2-13(12(17)18)6-9-15(10-7-13)8-4-3-5-11(14)16/h2-10H2,1H3,(H2,14,16)(H,17,18). The molecule has 0 atom stereocenters. The van der Waals surface area contributed by atoms with E-state index in [0.29, 0.717) is 12.8 Å². The molecule has 5 heteroatoms. The van der Waals surface area contributed by atoms with Gasteiger partial charge in [-0.3, -0.25) is 9.59 Å². The van der Waals surface area contributed by atoms with E-state index in [4.69, 9.17) is 5.73 Å². The van der Waals surface area contributed by atoms with Crippen LogP contribution in [0.15, 0.2) is 0 Å². The molecule has 1 fully saturated rings. The van der Waals surface area contributed by atoms with E-state index in [2.05, 4.69) is 4.90 Å². The first-order chi connectivity index (χ1) is 8.50. The molecule has 1 aliphatic heterocycles. The van der Waals surface area contributed by atoms with Crippen molar-refractivity contribution in [2.45, 2.75) is 45.4 Å². The number of likely N-dealkylation sites (tertiary alicyclic amines) is 1. The highest BCUT2D eigenvalue weighted by atomic mass is 16.4. The van der Waals surface area contributed by atoms with Gasteiger partial charge in [-0.1, -0.05) is 6.92 Å². The Balaban J connectivity index is 2.26. The summed E-state index contributed by atoms with van der Waals surface area (Å²) in [5.41, 5.74) is 4.57. The van der Waals surface area contributed by atoms with Crippen LogP contribution in [0, 0.1) is 5.41 Å². The van der Waals surface area contributed by atoms with Crippen molar-refractivity contribution in [1.29, 1.82) is 0 Å². The molecule has 104 valence electrons. The number of aliphatic carboxylic acids is 1. The average Bonchev–Trinajstić information content (AvgIpc) is 2.35. The van der Waals surface area contributed by atoms with Crippen molar-refractivity contribution >= 4 is 11.9 Å². The largest absolute Gasteiger partial charge is 0.481 e. The van der Waals surface area contributed by atoms with Crippen LogP contribution in [0.1, 0.15) is 45.4 Å². The summed E-state index contributed by atoms with van der Waals surface area (Å²) in [6.45, 7) is 4.58. The van der Waals surface area contributed by atoms with E-state index in [9.17, 15) is 14.7 Å². The van der Waals surface area contributed by atoms with Crippen LogP contribution in [0.3, 0.4) is 0 Å². The molecule has 18 heavy (non-hydrogen) atoms. The number of unbranched alkanes of at least 4 members (excludes halogenated alkanes) is 1. The van der Waals surface area contributed by atoms with Crippen molar-refractivity contribution < 1.29 is 14.7 Å². The van der Waals surface area contributed by atoms with Crippen LogP contribution in [-0.4, -0.2) is 41.5 Å². The Bertz CT molecular complexity index is 297. The van der Waals surface area contributed by atoms with Crippen LogP contribution < -0.4 is 5.73 Å². The minimum absolute atomic E-state index is 0.246. The maximum atomic E-state index is 11.3. The second-order valence-electron chi connectivity index (χ2n) is 5.20. The van der Waals surface area contributed by atoms with Gasteiger partial charge in [-0.05, 0) is 51.7 Å². The molecule has 0 unspecified atom stereocenters. The number of carbonyl (C=O) groups excluding carboxylic acids is 1. The van der Waals surface area contributed by atoms with Gasteiger partial charge in [-0.25, -0.2) is 0 Å². The molecule has 1 saturated heterocycles. The van der Waals surface area contributed by atoms with Gasteiger partial charge >= 0.3 is 5.97 Å². The SMILES string of the molecule is CCC1(C(=O)O)CCN(CCCCC(N)=O)CC1. The lowest BCUT2D eigenvalue weighted by Crippen LogP contribution is -2.44. The summed E-state index contributed by atoms with van der Waals surface area (Å²) in [5, 5.41) is 9.28. The highest BCUT2D eigenvalue weighted by Crippen LogP contribution is 2.35. The van der Waals surface area contributed by atoms with Gasteiger partial charge < -0.3 is 15.7 Å². The molecule has 0 aromatic rings. The number of rotatable bonds is 7. The maximum Gasteiger partial charge on any atom is 0.309 e. The van der Waals surface area contributed by atoms with E-state index in [1.165, 1.54) is 0 Å². The molecule has 0 aromatic heterocycles. The smallest absolute Gasteiger partial charge is 0.309 e. The predicted molar refractivity (Wildman–Crippen MR) is 69.1 cm³/mol. The molecular formula is C13H24N2O3. The fourth-order valence-corrected chi connectivity index (χ4v) is 2.56. The van der Waals surface area contributed by atoms with E-state index in [-0.39, 0.29) is 5.91 Å². The number of primary amides is 1. The fraction of sp³-hybridized carbons (Fsp3) is 0.846. The first-order valence-corrected chi connectivity index (χ1v) is 6.74. The summed E-state index contributed by atoms with van der Waals surface area (Å²) in [5.74, 6) is -0.900. The number of carbonyl (C=O) groups is 2. The Morgan fingerprint density at radius 3 is 2.33 bits per heavy atom. The molecule has 0 radical (unpaired) electrons. The van der Waals surface area contributed by atoms with Crippen molar-refractivity contribution in [3.05, 3.63) is 0 Å². The lowest BCUT2D eigenvalue weighted by atomic mass is 9.76. The van der Waals surface area contributed by atoms with Gasteiger partial charge in [0.25, 0.3) is 0 Å². The van der Waals surface area contributed by atoms with E-state index in [1.54, 1.807) is 0 Å². The van der Waals surface area contributed by atoms with Crippen molar-refractivity contribution in [2.75, 3.05) is 19.6 Å². The fourth-order valence-electron chi connectivity index (χ4n) is 2.56. The normalized spacial score (nSPS) is 19.6. The molecular weight excluding hydrogens is 232 g/mol. The zero-order valence-corrected chi connectivity index (χ0v) is 11.2. The molecule has 1 amide bonds. The summed E-state index contributed by atoms with van der Waals surface area (Å²) in [6, 6.07) is 0. The molecule has 1 aliphatic rings. The predicted octanol–water partition coefficient (Wildman–Crippen LogP) is 1.22. The van der Waals surface area contributed by atoms with Crippen molar-refractivity contribution in [3.63, 3.8) is 0 Å². The van der Waals surface area contributed by atoms with E-state index >= 15 is 0 Å². The summed E-state index contributed by atoms with van der Waals surface area (Å²) in [4.78, 5) is 24.2. The number of amides is 1. The van der Waals surface area contributed by atoms with Crippen LogP contribution in [0.5, 0.6) is 0 Å². The number of hydrogen-bond donors (Lipinski definition) is 2. The van der Waals surface area contributed by atoms with Gasteiger partial charge in [0, 0.05) is 6.42 Å². The van der Waals surface area contributed by atoms with Crippen LogP contribution in [0.4, 0.5) is 0 Å².